The summed E-state index contributed by atoms with van der Waals surface area (Å²) >= 11 is 0. The van der Waals surface area contributed by atoms with E-state index >= 15 is 0 Å². The van der Waals surface area contributed by atoms with Crippen LogP contribution in [0.25, 0.3) is 22.2 Å². The van der Waals surface area contributed by atoms with E-state index < -0.39 is 18.6 Å². The van der Waals surface area contributed by atoms with Gasteiger partial charge in [-0.25, -0.2) is 4.98 Å². The van der Waals surface area contributed by atoms with Gasteiger partial charge in [0.15, 0.2) is 11.5 Å². The van der Waals surface area contributed by atoms with Gasteiger partial charge in [0, 0.05) is 17.5 Å². The lowest BCUT2D eigenvalue weighted by Crippen LogP contribution is -2.41. The lowest BCUT2D eigenvalue weighted by Gasteiger charge is -2.26. The van der Waals surface area contributed by atoms with Crippen LogP contribution in [-0.2, 0) is 0 Å². The van der Waals surface area contributed by atoms with Crippen LogP contribution in [0.3, 0.4) is 0 Å². The molecular weight excluding hydrogens is 421 g/mol. The molecule has 0 aliphatic rings. The van der Waals surface area contributed by atoms with E-state index in [1.165, 1.54) is 20.3 Å². The van der Waals surface area contributed by atoms with Crippen molar-refractivity contribution in [2.45, 2.75) is 20.0 Å². The molecule has 170 valence electrons. The fourth-order valence-corrected chi connectivity index (χ4v) is 3.54. The summed E-state index contributed by atoms with van der Waals surface area (Å²) in [5.41, 5.74) is 1.78. The average Bonchev–Trinajstić information content (AvgIpc) is 2.75. The standard InChI is InChI=1S/C24H25F3N2O3/c1-15(2)13-29(14-24(25,26)27)23(30)18-12-20(28-19-8-6-5-7-17(18)19)16-9-10-21(31-3)22(11-16)32-4/h5-12,15H,13-14H2,1-4H3. The first-order valence-electron chi connectivity index (χ1n) is 10.1. The number of pyridine rings is 1. The number of alkyl halides is 3. The number of hydrogen-bond acceptors (Lipinski definition) is 4. The second-order valence-electron chi connectivity index (χ2n) is 7.84. The lowest BCUT2D eigenvalue weighted by molar-refractivity contribution is -0.141. The Bertz CT molecular complexity index is 1110. The van der Waals surface area contributed by atoms with Gasteiger partial charge in [0.05, 0.1) is 31.0 Å². The van der Waals surface area contributed by atoms with Gasteiger partial charge in [-0.15, -0.1) is 0 Å². The number of hydrogen-bond donors (Lipinski definition) is 0. The Labute approximate surface area is 184 Å². The second-order valence-corrected chi connectivity index (χ2v) is 7.84. The van der Waals surface area contributed by atoms with Crippen LogP contribution in [0.1, 0.15) is 24.2 Å². The third-order valence-electron chi connectivity index (χ3n) is 4.87. The van der Waals surface area contributed by atoms with Crippen molar-refractivity contribution in [3.63, 3.8) is 0 Å². The van der Waals surface area contributed by atoms with Gasteiger partial charge in [-0.05, 0) is 36.2 Å². The van der Waals surface area contributed by atoms with Gasteiger partial charge in [-0.2, -0.15) is 13.2 Å². The number of para-hydroxylation sites is 1. The average molecular weight is 446 g/mol. The fourth-order valence-electron chi connectivity index (χ4n) is 3.54. The Kier molecular flexibility index (Phi) is 6.91. The molecule has 0 saturated carbocycles. The highest BCUT2D eigenvalue weighted by Gasteiger charge is 2.34. The zero-order valence-electron chi connectivity index (χ0n) is 18.4. The summed E-state index contributed by atoms with van der Waals surface area (Å²) in [5.74, 6) is 0.198. The first-order chi connectivity index (χ1) is 15.1. The number of fused-ring (bicyclic) bond motifs is 1. The molecule has 1 heterocycles. The number of methoxy groups -OCH3 is 2. The molecule has 2 aromatic carbocycles. The minimum atomic E-state index is -4.50. The van der Waals surface area contributed by atoms with E-state index in [-0.39, 0.29) is 18.0 Å². The molecule has 32 heavy (non-hydrogen) atoms. The summed E-state index contributed by atoms with van der Waals surface area (Å²) in [7, 11) is 3.03. The van der Waals surface area contributed by atoms with E-state index in [1.807, 2.05) is 0 Å². The van der Waals surface area contributed by atoms with Crippen molar-refractivity contribution < 1.29 is 27.4 Å². The van der Waals surface area contributed by atoms with E-state index in [2.05, 4.69) is 4.98 Å². The number of rotatable bonds is 7. The summed E-state index contributed by atoms with van der Waals surface area (Å²) in [6, 6.07) is 13.6. The van der Waals surface area contributed by atoms with Crippen molar-refractivity contribution >= 4 is 16.8 Å². The van der Waals surface area contributed by atoms with Crippen LogP contribution in [0.5, 0.6) is 11.5 Å². The highest BCUT2D eigenvalue weighted by atomic mass is 19.4. The predicted octanol–water partition coefficient (Wildman–Crippen LogP) is 5.58. The van der Waals surface area contributed by atoms with Gasteiger partial charge < -0.3 is 14.4 Å². The Hall–Kier alpha value is -3.29. The Morgan fingerprint density at radius 2 is 1.72 bits per heavy atom. The molecular formula is C24H25F3N2O3. The van der Waals surface area contributed by atoms with Crippen LogP contribution >= 0.6 is 0 Å². The van der Waals surface area contributed by atoms with E-state index in [0.29, 0.717) is 33.7 Å². The molecule has 0 aliphatic carbocycles. The molecule has 1 aromatic heterocycles. The van der Waals surface area contributed by atoms with Crippen molar-refractivity contribution in [3.05, 3.63) is 54.1 Å². The first kappa shape index (κ1) is 23.4. The summed E-state index contributed by atoms with van der Waals surface area (Å²) in [6.07, 6.45) is -4.50. The predicted molar refractivity (Wildman–Crippen MR) is 117 cm³/mol. The zero-order chi connectivity index (χ0) is 23.5. The van der Waals surface area contributed by atoms with Crippen molar-refractivity contribution in [2.24, 2.45) is 5.92 Å². The van der Waals surface area contributed by atoms with Crippen molar-refractivity contribution in [2.75, 3.05) is 27.3 Å². The summed E-state index contributed by atoms with van der Waals surface area (Å²) in [5, 5.41) is 0.498. The highest BCUT2D eigenvalue weighted by molar-refractivity contribution is 6.07. The molecule has 0 spiro atoms. The van der Waals surface area contributed by atoms with E-state index in [9.17, 15) is 18.0 Å². The van der Waals surface area contributed by atoms with Crippen LogP contribution < -0.4 is 9.47 Å². The topological polar surface area (TPSA) is 51.7 Å². The maximum Gasteiger partial charge on any atom is 0.406 e. The third-order valence-corrected chi connectivity index (χ3v) is 4.87. The Balaban J connectivity index is 2.15. The first-order valence-corrected chi connectivity index (χ1v) is 10.1. The number of carbonyl (C=O) groups excluding carboxylic acids is 1. The molecule has 3 aromatic rings. The zero-order valence-corrected chi connectivity index (χ0v) is 18.4. The van der Waals surface area contributed by atoms with Crippen LogP contribution in [-0.4, -0.2) is 49.3 Å². The quantitative estimate of drug-likeness (QED) is 0.476. The summed E-state index contributed by atoms with van der Waals surface area (Å²) < 4.78 is 50.2. The molecule has 0 fully saturated rings. The normalized spacial score (nSPS) is 11.6. The number of ether oxygens (including phenoxy) is 2. The lowest BCUT2D eigenvalue weighted by atomic mass is 10.0. The molecule has 8 heteroatoms. The second kappa shape index (κ2) is 9.46. The van der Waals surface area contributed by atoms with E-state index in [0.717, 1.165) is 4.90 Å². The highest BCUT2D eigenvalue weighted by Crippen LogP contribution is 2.33. The van der Waals surface area contributed by atoms with E-state index in [1.54, 1.807) is 56.3 Å². The minimum absolute atomic E-state index is 0.0132. The van der Waals surface area contributed by atoms with Crippen LogP contribution in [0, 0.1) is 5.92 Å². The number of aromatic nitrogens is 1. The number of carbonyl (C=O) groups is 1. The van der Waals surface area contributed by atoms with Gasteiger partial charge >= 0.3 is 6.18 Å². The molecule has 1 amide bonds. The number of halogens is 3. The van der Waals surface area contributed by atoms with Gasteiger partial charge in [0.1, 0.15) is 6.54 Å². The Morgan fingerprint density at radius 1 is 1.03 bits per heavy atom. The summed E-state index contributed by atoms with van der Waals surface area (Å²) in [4.78, 5) is 18.8. The molecule has 0 bridgehead atoms. The van der Waals surface area contributed by atoms with Crippen LogP contribution in [0.2, 0.25) is 0 Å². The molecule has 5 nitrogen and oxygen atoms in total. The number of amides is 1. The maximum absolute atomic E-state index is 13.3. The molecule has 0 N–H and O–H groups in total. The van der Waals surface area contributed by atoms with Gasteiger partial charge in [-0.1, -0.05) is 32.0 Å². The van der Waals surface area contributed by atoms with Gasteiger partial charge in [-0.3, -0.25) is 4.79 Å². The number of nitrogens with zero attached hydrogens (tertiary/aromatic N) is 2. The summed E-state index contributed by atoms with van der Waals surface area (Å²) in [6.45, 7) is 2.22. The Morgan fingerprint density at radius 3 is 2.34 bits per heavy atom. The largest absolute Gasteiger partial charge is 0.493 e. The molecule has 0 atom stereocenters. The smallest absolute Gasteiger partial charge is 0.406 e. The maximum atomic E-state index is 13.3. The third kappa shape index (κ3) is 5.30. The fraction of sp³-hybridized carbons (Fsp3) is 0.333. The SMILES string of the molecule is COc1ccc(-c2cc(C(=O)N(CC(C)C)CC(F)(F)F)c3ccccc3n2)cc1OC. The minimum Gasteiger partial charge on any atom is -0.493 e. The van der Waals surface area contributed by atoms with Crippen molar-refractivity contribution in [1.29, 1.82) is 0 Å². The monoisotopic (exact) mass is 446 g/mol. The van der Waals surface area contributed by atoms with Gasteiger partial charge in [0.2, 0.25) is 0 Å². The van der Waals surface area contributed by atoms with E-state index in [4.69, 9.17) is 9.47 Å². The molecule has 3 rings (SSSR count). The van der Waals surface area contributed by atoms with Crippen molar-refractivity contribution in [1.82, 2.24) is 9.88 Å². The van der Waals surface area contributed by atoms with Gasteiger partial charge in [0.25, 0.3) is 5.91 Å². The molecule has 0 radical (unpaired) electrons. The molecule has 0 aliphatic heterocycles. The molecule has 0 unspecified atom stereocenters. The van der Waals surface area contributed by atoms with Crippen molar-refractivity contribution in [3.8, 4) is 22.8 Å². The van der Waals surface area contributed by atoms with Crippen LogP contribution in [0.4, 0.5) is 13.2 Å². The molecule has 0 saturated heterocycles. The number of benzene rings is 2. The van der Waals surface area contributed by atoms with Crippen LogP contribution in [0.15, 0.2) is 48.5 Å².